The van der Waals surface area contributed by atoms with E-state index in [2.05, 4.69) is 16.9 Å². The van der Waals surface area contributed by atoms with Crippen molar-refractivity contribution >= 4 is 17.3 Å². The van der Waals surface area contributed by atoms with Crippen molar-refractivity contribution in [2.45, 2.75) is 19.4 Å². The van der Waals surface area contributed by atoms with Crippen LogP contribution in [-0.4, -0.2) is 36.1 Å². The molecule has 1 saturated heterocycles. The molecule has 0 amide bonds. The van der Waals surface area contributed by atoms with Gasteiger partial charge in [0.1, 0.15) is 5.02 Å². The number of para-hydroxylation sites is 1. The summed E-state index contributed by atoms with van der Waals surface area (Å²) in [5.74, 6) is 0.493. The van der Waals surface area contributed by atoms with Gasteiger partial charge in [-0.05, 0) is 24.5 Å². The average Bonchev–Trinajstić information content (AvgIpc) is 2.59. The largest absolute Gasteiger partial charge is 0.379 e. The fourth-order valence-corrected chi connectivity index (χ4v) is 3.21. The van der Waals surface area contributed by atoms with E-state index in [0.717, 1.165) is 13.0 Å². The Bertz CT molecular complexity index is 732. The van der Waals surface area contributed by atoms with Crippen LogP contribution in [0.4, 0.5) is 5.69 Å². The quantitative estimate of drug-likeness (QED) is 0.866. The smallest absolute Gasteiger partial charge is 0.292 e. The molecule has 23 heavy (non-hydrogen) atoms. The first kappa shape index (κ1) is 16.0. The summed E-state index contributed by atoms with van der Waals surface area (Å²) in [6.45, 7) is 3.74. The van der Waals surface area contributed by atoms with Crippen molar-refractivity contribution in [2.75, 3.05) is 25.1 Å². The molecule has 2 heterocycles. The van der Waals surface area contributed by atoms with Crippen molar-refractivity contribution in [3.05, 3.63) is 51.9 Å². The number of piperidine rings is 1. The van der Waals surface area contributed by atoms with Gasteiger partial charge in [-0.1, -0.05) is 36.7 Å². The fraction of sp³-hybridized carbons (Fsp3) is 0.412. The molecule has 2 unspecified atom stereocenters. The third kappa shape index (κ3) is 3.12. The molecule has 3 rings (SSSR count). The summed E-state index contributed by atoms with van der Waals surface area (Å²) < 4.78 is 6.86. The maximum absolute atomic E-state index is 12.6. The van der Waals surface area contributed by atoms with Crippen molar-refractivity contribution in [2.24, 2.45) is 5.92 Å². The van der Waals surface area contributed by atoms with E-state index in [1.165, 1.54) is 4.68 Å². The topological polar surface area (TPSA) is 47.4 Å². The van der Waals surface area contributed by atoms with Gasteiger partial charge in [-0.25, -0.2) is 0 Å². The first-order valence-corrected chi connectivity index (χ1v) is 8.10. The molecule has 1 aromatic heterocycles. The number of ether oxygens (including phenoxy) is 1. The van der Waals surface area contributed by atoms with Crippen LogP contribution in [0.25, 0.3) is 5.69 Å². The Kier molecular flexibility index (Phi) is 4.68. The van der Waals surface area contributed by atoms with Crippen molar-refractivity contribution < 1.29 is 4.74 Å². The molecule has 1 fully saturated rings. The maximum Gasteiger partial charge on any atom is 0.292 e. The van der Waals surface area contributed by atoms with E-state index in [4.69, 9.17) is 16.3 Å². The number of hydrogen-bond donors (Lipinski definition) is 0. The third-order valence-electron chi connectivity index (χ3n) is 4.43. The minimum Gasteiger partial charge on any atom is -0.379 e. The number of anilines is 1. The molecule has 2 atom stereocenters. The van der Waals surface area contributed by atoms with Gasteiger partial charge in [-0.3, -0.25) is 4.79 Å². The first-order valence-electron chi connectivity index (χ1n) is 7.73. The summed E-state index contributed by atoms with van der Waals surface area (Å²) in [7, 11) is 1.72. The Labute approximate surface area is 140 Å². The number of aromatic nitrogens is 2. The van der Waals surface area contributed by atoms with Gasteiger partial charge in [0.2, 0.25) is 0 Å². The van der Waals surface area contributed by atoms with Crippen LogP contribution < -0.4 is 10.5 Å². The molecular weight excluding hydrogens is 314 g/mol. The lowest BCUT2D eigenvalue weighted by atomic mass is 9.95. The van der Waals surface area contributed by atoms with E-state index in [0.29, 0.717) is 23.8 Å². The minimum atomic E-state index is -0.303. The molecule has 1 aliphatic heterocycles. The molecule has 0 bridgehead atoms. The van der Waals surface area contributed by atoms with Gasteiger partial charge in [0.05, 0.1) is 23.7 Å². The summed E-state index contributed by atoms with van der Waals surface area (Å²) in [5, 5.41) is 4.49. The van der Waals surface area contributed by atoms with Crippen LogP contribution in [0.2, 0.25) is 5.02 Å². The molecule has 0 aliphatic carbocycles. The molecule has 1 aromatic carbocycles. The Morgan fingerprint density at radius 3 is 2.74 bits per heavy atom. The summed E-state index contributed by atoms with van der Waals surface area (Å²) >= 11 is 6.35. The van der Waals surface area contributed by atoms with E-state index in [-0.39, 0.29) is 16.7 Å². The normalized spacial score (nSPS) is 21.4. The number of methoxy groups -OCH3 is 1. The second-order valence-corrected chi connectivity index (χ2v) is 6.26. The van der Waals surface area contributed by atoms with Gasteiger partial charge in [-0.2, -0.15) is 9.78 Å². The Balaban J connectivity index is 1.94. The monoisotopic (exact) mass is 333 g/mol. The number of rotatable bonds is 3. The van der Waals surface area contributed by atoms with Gasteiger partial charge < -0.3 is 9.64 Å². The van der Waals surface area contributed by atoms with Crippen LogP contribution in [0.3, 0.4) is 0 Å². The molecule has 1 aliphatic rings. The van der Waals surface area contributed by atoms with Crippen molar-refractivity contribution in [1.82, 2.24) is 9.78 Å². The second-order valence-electron chi connectivity index (χ2n) is 5.88. The summed E-state index contributed by atoms with van der Waals surface area (Å²) in [6, 6.07) is 9.27. The van der Waals surface area contributed by atoms with E-state index in [1.54, 1.807) is 13.3 Å². The third-order valence-corrected chi connectivity index (χ3v) is 4.79. The SMILES string of the molecule is COC1CN(c2cnn(-c3ccccc3)c(=O)c2Cl)CCC1C. The van der Waals surface area contributed by atoms with E-state index >= 15 is 0 Å². The Morgan fingerprint density at radius 1 is 1.30 bits per heavy atom. The van der Waals surface area contributed by atoms with E-state index in [1.807, 2.05) is 30.3 Å². The Hall–Kier alpha value is -1.85. The summed E-state index contributed by atoms with van der Waals surface area (Å²) in [6.07, 6.45) is 2.80. The van der Waals surface area contributed by atoms with Crippen LogP contribution in [-0.2, 0) is 4.74 Å². The predicted molar refractivity (Wildman–Crippen MR) is 91.6 cm³/mol. The summed E-state index contributed by atoms with van der Waals surface area (Å²) in [4.78, 5) is 14.6. The zero-order chi connectivity index (χ0) is 16.4. The molecule has 0 saturated carbocycles. The minimum absolute atomic E-state index is 0.136. The molecule has 5 nitrogen and oxygen atoms in total. The highest BCUT2D eigenvalue weighted by Gasteiger charge is 2.28. The molecule has 0 radical (unpaired) electrons. The van der Waals surface area contributed by atoms with Gasteiger partial charge in [-0.15, -0.1) is 0 Å². The molecule has 0 N–H and O–H groups in total. The van der Waals surface area contributed by atoms with Gasteiger partial charge in [0, 0.05) is 20.2 Å². The zero-order valence-corrected chi connectivity index (χ0v) is 14.0. The van der Waals surface area contributed by atoms with Crippen LogP contribution in [0.15, 0.2) is 41.3 Å². The number of halogens is 1. The molecule has 122 valence electrons. The second kappa shape index (κ2) is 6.72. The predicted octanol–water partition coefficient (Wildman–Crippen LogP) is 2.75. The van der Waals surface area contributed by atoms with E-state index < -0.39 is 0 Å². The molecule has 6 heteroatoms. The lowest BCUT2D eigenvalue weighted by molar-refractivity contribution is 0.0498. The van der Waals surface area contributed by atoms with E-state index in [9.17, 15) is 4.79 Å². The summed E-state index contributed by atoms with van der Waals surface area (Å²) in [5.41, 5.74) is 1.08. The van der Waals surface area contributed by atoms with Crippen LogP contribution in [0.5, 0.6) is 0 Å². The van der Waals surface area contributed by atoms with Crippen molar-refractivity contribution in [1.29, 1.82) is 0 Å². The van der Waals surface area contributed by atoms with Crippen LogP contribution >= 0.6 is 11.6 Å². The highest BCUT2D eigenvalue weighted by Crippen LogP contribution is 2.28. The Morgan fingerprint density at radius 2 is 2.04 bits per heavy atom. The van der Waals surface area contributed by atoms with Gasteiger partial charge >= 0.3 is 0 Å². The van der Waals surface area contributed by atoms with Gasteiger partial charge in [0.25, 0.3) is 5.56 Å². The average molecular weight is 334 g/mol. The lowest BCUT2D eigenvalue weighted by Gasteiger charge is -2.37. The number of nitrogens with zero attached hydrogens (tertiary/aromatic N) is 3. The lowest BCUT2D eigenvalue weighted by Crippen LogP contribution is -2.44. The highest BCUT2D eigenvalue weighted by atomic mass is 35.5. The fourth-order valence-electron chi connectivity index (χ4n) is 2.96. The van der Waals surface area contributed by atoms with Crippen molar-refractivity contribution in [3.63, 3.8) is 0 Å². The maximum atomic E-state index is 12.6. The number of benzene rings is 1. The molecule has 0 spiro atoms. The van der Waals surface area contributed by atoms with Crippen LogP contribution in [0, 0.1) is 5.92 Å². The zero-order valence-electron chi connectivity index (χ0n) is 13.3. The first-order chi connectivity index (χ1) is 11.1. The molecule has 2 aromatic rings. The van der Waals surface area contributed by atoms with Crippen LogP contribution in [0.1, 0.15) is 13.3 Å². The highest BCUT2D eigenvalue weighted by molar-refractivity contribution is 6.33. The van der Waals surface area contributed by atoms with Gasteiger partial charge in [0.15, 0.2) is 0 Å². The van der Waals surface area contributed by atoms with Crippen molar-refractivity contribution in [3.8, 4) is 5.69 Å². The number of hydrogen-bond acceptors (Lipinski definition) is 4. The molecular formula is C17H20ClN3O2. The standard InChI is InChI=1S/C17H20ClN3O2/c1-12-8-9-20(11-15(12)23-2)14-10-19-21(17(22)16(14)18)13-6-4-3-5-7-13/h3-7,10,12,15H,8-9,11H2,1-2H3.